The minimum absolute atomic E-state index is 0.0527. The van der Waals surface area contributed by atoms with Gasteiger partial charge in [-0.25, -0.2) is 0 Å². The molecule has 0 spiro atoms. The van der Waals surface area contributed by atoms with E-state index < -0.39 is 0 Å². The second-order valence-electron chi connectivity index (χ2n) is 8.67. The van der Waals surface area contributed by atoms with Gasteiger partial charge in [0.15, 0.2) is 0 Å². The third-order valence-electron chi connectivity index (χ3n) is 7.50. The van der Waals surface area contributed by atoms with Crippen LogP contribution in [0.15, 0.2) is 11.1 Å². The molecule has 2 fully saturated rings. The van der Waals surface area contributed by atoms with Gasteiger partial charge in [-0.15, -0.1) is 0 Å². The van der Waals surface area contributed by atoms with Crippen LogP contribution in [0, 0.1) is 35.0 Å². The lowest BCUT2D eigenvalue weighted by Gasteiger charge is -2.51. The average molecular weight is 274 g/mol. The minimum Gasteiger partial charge on any atom is -0.392 e. The van der Waals surface area contributed by atoms with E-state index in [4.69, 9.17) is 0 Å². The molecule has 0 aliphatic heterocycles. The predicted molar refractivity (Wildman–Crippen MR) is 82.3 cm³/mol. The second-order valence-corrected chi connectivity index (χ2v) is 8.67. The van der Waals surface area contributed by atoms with E-state index in [-0.39, 0.29) is 6.10 Å². The van der Waals surface area contributed by atoms with Crippen LogP contribution in [0.1, 0.15) is 65.7 Å². The van der Waals surface area contributed by atoms with Crippen LogP contribution in [0.25, 0.3) is 0 Å². The van der Waals surface area contributed by atoms with Crippen molar-refractivity contribution in [2.45, 2.75) is 71.8 Å². The zero-order valence-electron chi connectivity index (χ0n) is 13.4. The molecule has 0 aromatic rings. The van der Waals surface area contributed by atoms with Crippen LogP contribution in [0.2, 0.25) is 0 Å². The predicted octanol–water partition coefficient (Wildman–Crippen LogP) is 4.56. The normalized spacial score (nSPS) is 54.6. The van der Waals surface area contributed by atoms with Crippen molar-refractivity contribution in [1.82, 2.24) is 0 Å². The van der Waals surface area contributed by atoms with Gasteiger partial charge in [0.25, 0.3) is 0 Å². The first-order valence-electron chi connectivity index (χ1n) is 8.94. The van der Waals surface area contributed by atoms with Crippen molar-refractivity contribution in [2.24, 2.45) is 35.0 Å². The van der Waals surface area contributed by atoms with E-state index in [9.17, 15) is 5.11 Å². The van der Waals surface area contributed by atoms with Crippen LogP contribution < -0.4 is 0 Å². The van der Waals surface area contributed by atoms with Crippen molar-refractivity contribution in [3.8, 4) is 0 Å². The molecule has 0 aromatic heterocycles. The number of allylic oxidation sites excluding steroid dienone is 1. The molecule has 112 valence electrons. The van der Waals surface area contributed by atoms with Crippen LogP contribution in [0.5, 0.6) is 0 Å². The maximum Gasteiger partial charge on any atom is 0.0614 e. The van der Waals surface area contributed by atoms with E-state index in [1.54, 1.807) is 5.57 Å². The summed E-state index contributed by atoms with van der Waals surface area (Å²) in [6.07, 6.45) is 9.10. The summed E-state index contributed by atoms with van der Waals surface area (Å²) in [6.45, 7) is 7.43. The van der Waals surface area contributed by atoms with Crippen LogP contribution in [0.3, 0.4) is 0 Å². The highest BCUT2D eigenvalue weighted by Gasteiger charge is 2.53. The quantitative estimate of drug-likeness (QED) is 0.642. The highest BCUT2D eigenvalue weighted by Crippen LogP contribution is 2.62. The Hall–Kier alpha value is -0.300. The van der Waals surface area contributed by atoms with E-state index in [1.165, 1.54) is 38.5 Å². The van der Waals surface area contributed by atoms with Crippen LogP contribution >= 0.6 is 0 Å². The SMILES string of the molecule is C[C@@H]1CC[C@@H]2C3=C4[C@H]1CC[C@@H]4[C@@H](O)C[C@]3(C)CC[C@@H]2C. The van der Waals surface area contributed by atoms with Gasteiger partial charge in [0.2, 0.25) is 0 Å². The van der Waals surface area contributed by atoms with Gasteiger partial charge in [-0.3, -0.25) is 0 Å². The second kappa shape index (κ2) is 4.35. The molecule has 1 N–H and O–H groups in total. The first-order chi connectivity index (χ1) is 9.51. The Bertz CT molecular complexity index is 451. The summed E-state index contributed by atoms with van der Waals surface area (Å²) in [5.41, 5.74) is 3.96. The Morgan fingerprint density at radius 1 is 0.900 bits per heavy atom. The number of rotatable bonds is 0. The zero-order valence-corrected chi connectivity index (χ0v) is 13.4. The Balaban J connectivity index is 1.91. The van der Waals surface area contributed by atoms with Crippen molar-refractivity contribution in [3.05, 3.63) is 11.1 Å². The minimum atomic E-state index is -0.0527. The van der Waals surface area contributed by atoms with Gasteiger partial charge < -0.3 is 5.11 Å². The molecular formula is C19H30O. The molecule has 0 radical (unpaired) electrons. The molecule has 1 nitrogen and oxygen atoms in total. The lowest BCUT2D eigenvalue weighted by Crippen LogP contribution is -2.43. The maximum atomic E-state index is 10.7. The first kappa shape index (κ1) is 13.4. The summed E-state index contributed by atoms with van der Waals surface area (Å²) in [6, 6.07) is 0. The third-order valence-corrected chi connectivity index (χ3v) is 7.50. The van der Waals surface area contributed by atoms with Gasteiger partial charge >= 0.3 is 0 Å². The lowest BCUT2D eigenvalue weighted by atomic mass is 9.55. The number of hydrogen-bond acceptors (Lipinski definition) is 1. The monoisotopic (exact) mass is 274 g/mol. The Kier molecular flexibility index (Phi) is 2.91. The van der Waals surface area contributed by atoms with Crippen LogP contribution in [0.4, 0.5) is 0 Å². The van der Waals surface area contributed by atoms with Crippen LogP contribution in [-0.2, 0) is 0 Å². The van der Waals surface area contributed by atoms with Gasteiger partial charge in [-0.05, 0) is 74.0 Å². The van der Waals surface area contributed by atoms with E-state index in [0.717, 1.165) is 30.1 Å². The van der Waals surface area contributed by atoms with E-state index >= 15 is 0 Å². The molecule has 1 heteroatoms. The molecule has 7 atom stereocenters. The molecular weight excluding hydrogens is 244 g/mol. The average Bonchev–Trinajstić information content (AvgIpc) is 2.77. The molecule has 4 aliphatic rings. The van der Waals surface area contributed by atoms with Crippen molar-refractivity contribution in [2.75, 3.05) is 0 Å². The molecule has 4 aliphatic carbocycles. The fraction of sp³-hybridized carbons (Fsp3) is 0.895. The summed E-state index contributed by atoms with van der Waals surface area (Å²) in [4.78, 5) is 0. The van der Waals surface area contributed by atoms with Crippen molar-refractivity contribution < 1.29 is 5.11 Å². The molecule has 0 saturated heterocycles. The molecule has 20 heavy (non-hydrogen) atoms. The summed E-state index contributed by atoms with van der Waals surface area (Å²) in [7, 11) is 0. The molecule has 0 aromatic carbocycles. The fourth-order valence-corrected chi connectivity index (χ4v) is 6.40. The molecule has 4 rings (SSSR count). The van der Waals surface area contributed by atoms with Crippen molar-refractivity contribution in [1.29, 1.82) is 0 Å². The highest BCUT2D eigenvalue weighted by atomic mass is 16.3. The Morgan fingerprint density at radius 2 is 1.55 bits per heavy atom. The largest absolute Gasteiger partial charge is 0.392 e. The van der Waals surface area contributed by atoms with Gasteiger partial charge in [0.1, 0.15) is 0 Å². The Labute approximate surface area is 123 Å². The molecule has 2 saturated carbocycles. The van der Waals surface area contributed by atoms with Crippen molar-refractivity contribution >= 4 is 0 Å². The number of hydrogen-bond donors (Lipinski definition) is 1. The number of aliphatic hydroxyl groups is 1. The summed E-state index contributed by atoms with van der Waals surface area (Å²) in [5.74, 6) is 3.88. The highest BCUT2D eigenvalue weighted by molar-refractivity contribution is 5.37. The molecule has 0 unspecified atom stereocenters. The molecule has 0 amide bonds. The summed E-state index contributed by atoms with van der Waals surface area (Å²) in [5, 5.41) is 10.7. The molecule has 0 heterocycles. The van der Waals surface area contributed by atoms with E-state index in [1.807, 2.05) is 5.57 Å². The lowest BCUT2D eigenvalue weighted by molar-refractivity contribution is 0.0404. The Morgan fingerprint density at radius 3 is 2.35 bits per heavy atom. The van der Waals surface area contributed by atoms with Gasteiger partial charge in [-0.1, -0.05) is 31.9 Å². The van der Waals surface area contributed by atoms with Crippen LogP contribution in [-0.4, -0.2) is 11.2 Å². The zero-order chi connectivity index (χ0) is 14.1. The van der Waals surface area contributed by atoms with Gasteiger partial charge in [0, 0.05) is 5.92 Å². The number of aliphatic hydroxyl groups excluding tert-OH is 1. The molecule has 0 bridgehead atoms. The fourth-order valence-electron chi connectivity index (χ4n) is 6.40. The summed E-state index contributed by atoms with van der Waals surface area (Å²) >= 11 is 0. The van der Waals surface area contributed by atoms with Crippen molar-refractivity contribution in [3.63, 3.8) is 0 Å². The topological polar surface area (TPSA) is 20.2 Å². The van der Waals surface area contributed by atoms with Gasteiger partial charge in [-0.2, -0.15) is 0 Å². The standard InChI is InChI=1S/C19H30O/c1-11-4-5-14-12(2)8-9-19(3)10-16(20)15-7-6-13(11)17(15)18(14)19/h11-16,20H,4-10H2,1-3H3/t11-,12+,13+,14+,15-,16+,19+/m1/s1. The maximum absolute atomic E-state index is 10.7. The third kappa shape index (κ3) is 1.65. The van der Waals surface area contributed by atoms with Gasteiger partial charge in [0.05, 0.1) is 6.10 Å². The smallest absolute Gasteiger partial charge is 0.0614 e. The summed E-state index contributed by atoms with van der Waals surface area (Å²) < 4.78 is 0. The van der Waals surface area contributed by atoms with E-state index in [2.05, 4.69) is 20.8 Å². The van der Waals surface area contributed by atoms with E-state index in [0.29, 0.717) is 11.3 Å². The first-order valence-corrected chi connectivity index (χ1v) is 8.94.